The Labute approximate surface area is 87.8 Å². The molecule has 1 aromatic heterocycles. The number of para-hydroxylation sites is 1. The molecule has 15 heavy (non-hydrogen) atoms. The molecule has 0 spiro atoms. The topological polar surface area (TPSA) is 37.0 Å². The van der Waals surface area contributed by atoms with Gasteiger partial charge in [-0.3, -0.25) is 4.98 Å². The Balaban J connectivity index is 2.26. The van der Waals surface area contributed by atoms with E-state index in [1.165, 1.54) is 16.5 Å². The molecule has 0 saturated heterocycles. The molecular weight excluding hydrogens is 186 g/mol. The zero-order valence-corrected chi connectivity index (χ0v) is 8.20. The number of hydrazine groups is 1. The summed E-state index contributed by atoms with van der Waals surface area (Å²) in [6.45, 7) is 0.855. The predicted molar refractivity (Wildman–Crippen MR) is 60.9 cm³/mol. The van der Waals surface area contributed by atoms with Gasteiger partial charge >= 0.3 is 0 Å². The second-order valence-corrected chi connectivity index (χ2v) is 3.54. The predicted octanol–water partition coefficient (Wildman–Crippen LogP) is 1.68. The molecule has 0 aliphatic carbocycles. The van der Waals surface area contributed by atoms with Gasteiger partial charge in [-0.1, -0.05) is 18.2 Å². The van der Waals surface area contributed by atoms with Gasteiger partial charge in [-0.2, -0.15) is 0 Å². The molecule has 0 fully saturated rings. The number of rotatable bonds is 1. The summed E-state index contributed by atoms with van der Waals surface area (Å²) in [5.41, 5.74) is 9.64. The molecule has 0 bridgehead atoms. The van der Waals surface area contributed by atoms with Crippen LogP contribution >= 0.6 is 0 Å². The normalized spacial score (nSPS) is 15.1. The van der Waals surface area contributed by atoms with E-state index in [0.29, 0.717) is 0 Å². The van der Waals surface area contributed by atoms with Crippen molar-refractivity contribution < 1.29 is 0 Å². The summed E-state index contributed by atoms with van der Waals surface area (Å²) in [7, 11) is 0. The lowest BCUT2D eigenvalue weighted by atomic mass is 10.0. The number of hydrogen-bond acceptors (Lipinski definition) is 3. The van der Waals surface area contributed by atoms with E-state index < -0.39 is 0 Å². The molecule has 74 valence electrons. The lowest BCUT2D eigenvalue weighted by molar-refractivity contribution is 0.730. The highest BCUT2D eigenvalue weighted by Crippen LogP contribution is 2.23. The summed E-state index contributed by atoms with van der Waals surface area (Å²) < 4.78 is 0. The number of hydrogen-bond donors (Lipinski definition) is 2. The van der Waals surface area contributed by atoms with Crippen LogP contribution in [0.4, 0.5) is 0 Å². The highest BCUT2D eigenvalue weighted by molar-refractivity contribution is 5.91. The molecule has 0 atom stereocenters. The molecule has 3 heteroatoms. The van der Waals surface area contributed by atoms with Gasteiger partial charge in [0.25, 0.3) is 0 Å². The molecule has 1 aromatic carbocycles. The van der Waals surface area contributed by atoms with Crippen LogP contribution in [-0.2, 0) is 0 Å². The number of nitrogens with one attached hydrogen (secondary N) is 2. The minimum atomic E-state index is 0.855. The summed E-state index contributed by atoms with van der Waals surface area (Å²) in [6.07, 6.45) is 3.86. The average Bonchev–Trinajstić information content (AvgIpc) is 2.82. The minimum absolute atomic E-state index is 0.855. The smallest absolute Gasteiger partial charge is 0.0708 e. The molecule has 0 saturated carbocycles. The van der Waals surface area contributed by atoms with Crippen LogP contribution in [0, 0.1) is 0 Å². The van der Waals surface area contributed by atoms with E-state index in [4.69, 9.17) is 0 Å². The average molecular weight is 197 g/mol. The van der Waals surface area contributed by atoms with Crippen molar-refractivity contribution in [2.24, 2.45) is 0 Å². The maximum absolute atomic E-state index is 4.35. The number of nitrogens with zero attached hydrogens (tertiary/aromatic N) is 1. The molecule has 1 aliphatic heterocycles. The monoisotopic (exact) mass is 197 g/mol. The SMILES string of the molecule is C1=C(c2ccnc3ccccc23)CNN1. The first-order valence-corrected chi connectivity index (χ1v) is 4.97. The maximum Gasteiger partial charge on any atom is 0.0708 e. The van der Waals surface area contributed by atoms with Crippen LogP contribution < -0.4 is 10.9 Å². The van der Waals surface area contributed by atoms with Gasteiger partial charge in [0.05, 0.1) is 5.52 Å². The Morgan fingerprint density at radius 1 is 1.13 bits per heavy atom. The van der Waals surface area contributed by atoms with Crippen LogP contribution in [0.25, 0.3) is 16.5 Å². The molecule has 0 unspecified atom stereocenters. The first-order chi connectivity index (χ1) is 7.45. The molecule has 2 heterocycles. The van der Waals surface area contributed by atoms with Crippen molar-refractivity contribution >= 4 is 16.5 Å². The summed E-state index contributed by atoms with van der Waals surface area (Å²) in [6, 6.07) is 10.3. The molecule has 3 nitrogen and oxygen atoms in total. The fourth-order valence-corrected chi connectivity index (χ4v) is 1.88. The fraction of sp³-hybridized carbons (Fsp3) is 0.0833. The van der Waals surface area contributed by atoms with E-state index in [-0.39, 0.29) is 0 Å². The number of pyridine rings is 1. The zero-order chi connectivity index (χ0) is 10.1. The van der Waals surface area contributed by atoms with Gasteiger partial charge in [-0.05, 0) is 23.3 Å². The highest BCUT2D eigenvalue weighted by Gasteiger charge is 2.09. The highest BCUT2D eigenvalue weighted by atomic mass is 15.4. The fourth-order valence-electron chi connectivity index (χ4n) is 1.88. The maximum atomic E-state index is 4.35. The zero-order valence-electron chi connectivity index (χ0n) is 8.20. The molecule has 0 amide bonds. The van der Waals surface area contributed by atoms with Gasteiger partial charge in [0.2, 0.25) is 0 Å². The molecule has 2 N–H and O–H groups in total. The number of fused-ring (bicyclic) bond motifs is 1. The van der Waals surface area contributed by atoms with E-state index in [9.17, 15) is 0 Å². The van der Waals surface area contributed by atoms with Gasteiger partial charge in [0, 0.05) is 24.3 Å². The van der Waals surface area contributed by atoms with E-state index in [1.807, 2.05) is 30.6 Å². The van der Waals surface area contributed by atoms with Gasteiger partial charge in [0.15, 0.2) is 0 Å². The Bertz CT molecular complexity index is 526. The van der Waals surface area contributed by atoms with Gasteiger partial charge in [-0.25, -0.2) is 5.43 Å². The van der Waals surface area contributed by atoms with Crippen LogP contribution in [0.15, 0.2) is 42.7 Å². The summed E-state index contributed by atoms with van der Waals surface area (Å²) in [4.78, 5) is 4.35. The van der Waals surface area contributed by atoms with Crippen LogP contribution in [0.1, 0.15) is 5.56 Å². The van der Waals surface area contributed by atoms with Gasteiger partial charge in [-0.15, -0.1) is 0 Å². The number of benzene rings is 1. The Morgan fingerprint density at radius 2 is 2.07 bits per heavy atom. The molecule has 0 radical (unpaired) electrons. The second-order valence-electron chi connectivity index (χ2n) is 3.54. The Kier molecular flexibility index (Phi) is 1.89. The Morgan fingerprint density at radius 3 is 2.93 bits per heavy atom. The van der Waals surface area contributed by atoms with Crippen molar-refractivity contribution in [2.75, 3.05) is 6.54 Å². The van der Waals surface area contributed by atoms with Crippen molar-refractivity contribution in [1.82, 2.24) is 15.8 Å². The number of aromatic nitrogens is 1. The van der Waals surface area contributed by atoms with E-state index >= 15 is 0 Å². The van der Waals surface area contributed by atoms with E-state index in [0.717, 1.165) is 12.1 Å². The van der Waals surface area contributed by atoms with E-state index in [2.05, 4.69) is 28.0 Å². The first kappa shape index (κ1) is 8.44. The van der Waals surface area contributed by atoms with Gasteiger partial charge in [0.1, 0.15) is 0 Å². The third-order valence-electron chi connectivity index (χ3n) is 2.62. The quantitative estimate of drug-likeness (QED) is 0.730. The molecular formula is C12H11N3. The largest absolute Gasteiger partial charge is 0.328 e. The van der Waals surface area contributed by atoms with Crippen LogP contribution in [0.3, 0.4) is 0 Å². The van der Waals surface area contributed by atoms with Crippen molar-refractivity contribution in [3.63, 3.8) is 0 Å². The lowest BCUT2D eigenvalue weighted by Crippen LogP contribution is -2.20. The van der Waals surface area contributed by atoms with Crippen molar-refractivity contribution in [1.29, 1.82) is 0 Å². The summed E-state index contributed by atoms with van der Waals surface area (Å²) >= 11 is 0. The third-order valence-corrected chi connectivity index (χ3v) is 2.62. The van der Waals surface area contributed by atoms with Crippen molar-refractivity contribution in [2.45, 2.75) is 0 Å². The second kappa shape index (κ2) is 3.37. The summed E-state index contributed by atoms with van der Waals surface area (Å²) in [5, 5.41) is 1.21. The van der Waals surface area contributed by atoms with Crippen LogP contribution in [-0.4, -0.2) is 11.5 Å². The minimum Gasteiger partial charge on any atom is -0.328 e. The van der Waals surface area contributed by atoms with Crippen LogP contribution in [0.2, 0.25) is 0 Å². The first-order valence-electron chi connectivity index (χ1n) is 4.97. The standard InChI is InChI=1S/C12H11N3/c1-2-4-12-11(3-1)10(5-6-13-12)9-7-14-15-8-9/h1-7,14-15H,8H2. The van der Waals surface area contributed by atoms with Crippen molar-refractivity contribution in [3.05, 3.63) is 48.3 Å². The van der Waals surface area contributed by atoms with Crippen molar-refractivity contribution in [3.8, 4) is 0 Å². The molecule has 3 rings (SSSR count). The van der Waals surface area contributed by atoms with Crippen LogP contribution in [0.5, 0.6) is 0 Å². The van der Waals surface area contributed by atoms with Gasteiger partial charge < -0.3 is 5.43 Å². The van der Waals surface area contributed by atoms with E-state index in [1.54, 1.807) is 0 Å². The summed E-state index contributed by atoms with van der Waals surface area (Å²) in [5.74, 6) is 0. The lowest BCUT2D eigenvalue weighted by Gasteiger charge is -2.05. The third kappa shape index (κ3) is 1.37. The molecule has 2 aromatic rings. The molecule has 1 aliphatic rings. The Hall–Kier alpha value is -1.87.